The van der Waals surface area contributed by atoms with E-state index in [0.717, 1.165) is 16.8 Å². The first-order valence-corrected chi connectivity index (χ1v) is 7.98. The number of hydrogen-bond donors (Lipinski definition) is 1. The number of aryl methyl sites for hydroxylation is 3. The molecule has 1 aromatic heterocycles. The molecule has 0 atom stereocenters. The molecule has 0 aliphatic carbocycles. The van der Waals surface area contributed by atoms with Crippen molar-refractivity contribution in [2.75, 3.05) is 5.32 Å². The maximum atomic E-state index is 13.7. The van der Waals surface area contributed by atoms with Gasteiger partial charge in [-0.2, -0.15) is 0 Å². The van der Waals surface area contributed by atoms with Crippen LogP contribution in [0.5, 0.6) is 0 Å². The van der Waals surface area contributed by atoms with Crippen LogP contribution in [0.3, 0.4) is 0 Å². The molecule has 0 aliphatic rings. The second kappa shape index (κ2) is 7.25. The second-order valence-electron chi connectivity index (χ2n) is 5.80. The molecule has 0 saturated carbocycles. The van der Waals surface area contributed by atoms with Gasteiger partial charge in [0.1, 0.15) is 5.82 Å². The van der Waals surface area contributed by atoms with Crippen molar-refractivity contribution in [3.8, 4) is 11.5 Å². The van der Waals surface area contributed by atoms with Crippen molar-refractivity contribution in [1.82, 2.24) is 10.2 Å². The minimum absolute atomic E-state index is 0.114. The molecular formula is C19H18FN3O2. The van der Waals surface area contributed by atoms with E-state index in [1.807, 2.05) is 32.0 Å². The van der Waals surface area contributed by atoms with Crippen molar-refractivity contribution in [3.63, 3.8) is 0 Å². The van der Waals surface area contributed by atoms with Crippen molar-refractivity contribution in [3.05, 3.63) is 65.3 Å². The molecule has 0 unspecified atom stereocenters. The van der Waals surface area contributed by atoms with Crippen LogP contribution in [0.15, 0.2) is 46.9 Å². The third kappa shape index (κ3) is 3.91. The molecule has 1 N–H and O–H groups in total. The van der Waals surface area contributed by atoms with Crippen molar-refractivity contribution in [2.24, 2.45) is 0 Å². The predicted molar refractivity (Wildman–Crippen MR) is 92.6 cm³/mol. The number of carbonyl (C=O) groups is 1. The van der Waals surface area contributed by atoms with Gasteiger partial charge >= 0.3 is 0 Å². The zero-order chi connectivity index (χ0) is 17.8. The molecule has 128 valence electrons. The molecule has 5 nitrogen and oxygen atoms in total. The summed E-state index contributed by atoms with van der Waals surface area (Å²) < 4.78 is 19.2. The molecule has 0 aliphatic heterocycles. The lowest BCUT2D eigenvalue weighted by Crippen LogP contribution is -2.14. The minimum atomic E-state index is -0.425. The van der Waals surface area contributed by atoms with Gasteiger partial charge in [0.15, 0.2) is 0 Å². The molecule has 25 heavy (non-hydrogen) atoms. The highest BCUT2D eigenvalue weighted by atomic mass is 19.1. The monoisotopic (exact) mass is 339 g/mol. The summed E-state index contributed by atoms with van der Waals surface area (Å²) in [6, 6.07) is 12.0. The van der Waals surface area contributed by atoms with Crippen molar-refractivity contribution >= 4 is 11.6 Å². The summed E-state index contributed by atoms with van der Waals surface area (Å²) in [5.41, 5.74) is 3.09. The topological polar surface area (TPSA) is 68.0 Å². The average Bonchev–Trinajstić information content (AvgIpc) is 3.06. The number of anilines is 1. The molecule has 0 saturated heterocycles. The van der Waals surface area contributed by atoms with Gasteiger partial charge in [-0.3, -0.25) is 4.79 Å². The Morgan fingerprint density at radius 2 is 1.80 bits per heavy atom. The van der Waals surface area contributed by atoms with Gasteiger partial charge in [-0.25, -0.2) is 4.39 Å². The summed E-state index contributed by atoms with van der Waals surface area (Å²) in [5, 5.41) is 10.6. The summed E-state index contributed by atoms with van der Waals surface area (Å²) >= 11 is 0. The van der Waals surface area contributed by atoms with Crippen molar-refractivity contribution < 1.29 is 13.6 Å². The molecular weight excluding hydrogens is 321 g/mol. The van der Waals surface area contributed by atoms with E-state index < -0.39 is 5.82 Å². The summed E-state index contributed by atoms with van der Waals surface area (Å²) in [7, 11) is 0. The SMILES string of the molecule is Cc1cccc(C)c1NC(=O)CCc1nnc(-c2ccccc2F)o1. The molecule has 1 amide bonds. The van der Waals surface area contributed by atoms with E-state index in [0.29, 0.717) is 5.89 Å². The van der Waals surface area contributed by atoms with E-state index in [1.165, 1.54) is 6.07 Å². The third-order valence-corrected chi connectivity index (χ3v) is 3.88. The highest BCUT2D eigenvalue weighted by Crippen LogP contribution is 2.22. The van der Waals surface area contributed by atoms with Crippen LogP contribution in [-0.2, 0) is 11.2 Å². The maximum Gasteiger partial charge on any atom is 0.250 e. The highest BCUT2D eigenvalue weighted by Gasteiger charge is 2.14. The Morgan fingerprint density at radius 1 is 1.08 bits per heavy atom. The standard InChI is InChI=1S/C19H18FN3O2/c1-12-6-5-7-13(2)18(12)21-16(24)10-11-17-22-23-19(25-17)14-8-3-4-9-15(14)20/h3-9H,10-11H2,1-2H3,(H,21,24). The van der Waals surface area contributed by atoms with Gasteiger partial charge in [-0.05, 0) is 37.1 Å². The van der Waals surface area contributed by atoms with Crippen LogP contribution in [0, 0.1) is 19.7 Å². The zero-order valence-corrected chi connectivity index (χ0v) is 14.0. The van der Waals surface area contributed by atoms with E-state index >= 15 is 0 Å². The molecule has 6 heteroatoms. The Hall–Kier alpha value is -3.02. The maximum absolute atomic E-state index is 13.7. The van der Waals surface area contributed by atoms with E-state index in [9.17, 15) is 9.18 Å². The first-order valence-electron chi connectivity index (χ1n) is 7.98. The number of nitrogens with one attached hydrogen (secondary N) is 1. The number of halogens is 1. The smallest absolute Gasteiger partial charge is 0.250 e. The second-order valence-corrected chi connectivity index (χ2v) is 5.80. The molecule has 0 bridgehead atoms. The lowest BCUT2D eigenvalue weighted by Gasteiger charge is -2.10. The van der Waals surface area contributed by atoms with Gasteiger partial charge in [-0.1, -0.05) is 30.3 Å². The number of benzene rings is 2. The summed E-state index contributed by atoms with van der Waals surface area (Å²) in [6.07, 6.45) is 0.491. The van der Waals surface area contributed by atoms with Crippen molar-refractivity contribution in [1.29, 1.82) is 0 Å². The molecule has 0 fully saturated rings. The number of nitrogens with zero attached hydrogens (tertiary/aromatic N) is 2. The van der Waals surface area contributed by atoms with Gasteiger partial charge in [0.2, 0.25) is 11.8 Å². The van der Waals surface area contributed by atoms with E-state index in [4.69, 9.17) is 4.42 Å². The van der Waals surface area contributed by atoms with Gasteiger partial charge in [-0.15, -0.1) is 10.2 Å². The molecule has 2 aromatic carbocycles. The van der Waals surface area contributed by atoms with Crippen LogP contribution >= 0.6 is 0 Å². The van der Waals surface area contributed by atoms with Gasteiger partial charge in [0.25, 0.3) is 5.89 Å². The number of para-hydroxylation sites is 1. The molecule has 1 heterocycles. The summed E-state index contributed by atoms with van der Waals surface area (Å²) in [6.45, 7) is 3.89. The fourth-order valence-electron chi connectivity index (χ4n) is 2.53. The minimum Gasteiger partial charge on any atom is -0.421 e. The molecule has 3 aromatic rings. The van der Waals surface area contributed by atoms with Crippen LogP contribution in [-0.4, -0.2) is 16.1 Å². The van der Waals surface area contributed by atoms with Gasteiger partial charge in [0.05, 0.1) is 5.56 Å². The van der Waals surface area contributed by atoms with Gasteiger partial charge < -0.3 is 9.73 Å². The van der Waals surface area contributed by atoms with Crippen LogP contribution in [0.25, 0.3) is 11.5 Å². The summed E-state index contributed by atoms with van der Waals surface area (Å²) in [5.74, 6) is -0.147. The average molecular weight is 339 g/mol. The quantitative estimate of drug-likeness (QED) is 0.761. The predicted octanol–water partition coefficient (Wildman–Crippen LogP) is 4.06. The first-order chi connectivity index (χ1) is 12.0. The number of amides is 1. The number of carbonyl (C=O) groups excluding carboxylic acids is 1. The number of hydrogen-bond acceptors (Lipinski definition) is 4. The molecule has 0 radical (unpaired) electrons. The summed E-state index contributed by atoms with van der Waals surface area (Å²) in [4.78, 5) is 12.2. The Kier molecular flexibility index (Phi) is 4.88. The lowest BCUT2D eigenvalue weighted by molar-refractivity contribution is -0.116. The van der Waals surface area contributed by atoms with Crippen LogP contribution in [0.2, 0.25) is 0 Å². The van der Waals surface area contributed by atoms with Crippen molar-refractivity contribution in [2.45, 2.75) is 26.7 Å². The fourth-order valence-corrected chi connectivity index (χ4v) is 2.53. The Balaban J connectivity index is 1.63. The Labute approximate surface area is 144 Å². The molecule has 0 spiro atoms. The molecule has 3 rings (SSSR count). The van der Waals surface area contributed by atoms with Crippen LogP contribution in [0.1, 0.15) is 23.4 Å². The van der Waals surface area contributed by atoms with E-state index in [2.05, 4.69) is 15.5 Å². The highest BCUT2D eigenvalue weighted by molar-refractivity contribution is 5.92. The normalized spacial score (nSPS) is 10.7. The largest absolute Gasteiger partial charge is 0.421 e. The number of aromatic nitrogens is 2. The Bertz CT molecular complexity index is 885. The third-order valence-electron chi connectivity index (χ3n) is 3.88. The Morgan fingerprint density at radius 3 is 2.52 bits per heavy atom. The fraction of sp³-hybridized carbons (Fsp3) is 0.211. The zero-order valence-electron chi connectivity index (χ0n) is 14.0. The van der Waals surface area contributed by atoms with E-state index in [-0.39, 0.29) is 30.2 Å². The van der Waals surface area contributed by atoms with Crippen LogP contribution < -0.4 is 5.32 Å². The van der Waals surface area contributed by atoms with Gasteiger partial charge in [0, 0.05) is 18.5 Å². The van der Waals surface area contributed by atoms with E-state index in [1.54, 1.807) is 18.2 Å². The first kappa shape index (κ1) is 16.8. The number of rotatable bonds is 5. The van der Waals surface area contributed by atoms with Crippen LogP contribution in [0.4, 0.5) is 10.1 Å². The lowest BCUT2D eigenvalue weighted by atomic mass is 10.1.